The molecule has 0 bridgehead atoms. The minimum Gasteiger partial charge on any atom is -0.397 e. The average molecular weight is 284 g/mol. The van der Waals surface area contributed by atoms with Gasteiger partial charge in [0, 0.05) is 17.8 Å². The summed E-state index contributed by atoms with van der Waals surface area (Å²) in [6, 6.07) is 10.1. The van der Waals surface area contributed by atoms with E-state index in [0.717, 1.165) is 0 Å². The molecule has 4 N–H and O–H groups in total. The molecule has 0 aliphatic rings. The van der Waals surface area contributed by atoms with Crippen LogP contribution >= 0.6 is 0 Å². The van der Waals surface area contributed by atoms with E-state index in [9.17, 15) is 9.59 Å². The van der Waals surface area contributed by atoms with Gasteiger partial charge in [0.05, 0.1) is 11.9 Å². The smallest absolute Gasteiger partial charge is 0.274 e. The number of benzene rings is 1. The summed E-state index contributed by atoms with van der Waals surface area (Å²) in [7, 11) is 0. The van der Waals surface area contributed by atoms with E-state index in [1.165, 1.54) is 6.20 Å². The second-order valence-electron chi connectivity index (χ2n) is 4.41. The van der Waals surface area contributed by atoms with E-state index in [1.807, 2.05) is 0 Å². The van der Waals surface area contributed by atoms with Gasteiger partial charge >= 0.3 is 0 Å². The number of aromatic nitrogens is 1. The summed E-state index contributed by atoms with van der Waals surface area (Å²) in [5.74, 6) is -0.423. The number of nitrogens with two attached hydrogens (primary N) is 1. The average Bonchev–Trinajstić information content (AvgIpc) is 2.48. The van der Waals surface area contributed by atoms with Gasteiger partial charge in [-0.1, -0.05) is 13.0 Å². The van der Waals surface area contributed by atoms with Crippen molar-refractivity contribution < 1.29 is 9.59 Å². The Morgan fingerprint density at radius 2 is 1.86 bits per heavy atom. The van der Waals surface area contributed by atoms with Crippen molar-refractivity contribution in [1.29, 1.82) is 0 Å². The lowest BCUT2D eigenvalue weighted by atomic mass is 10.2. The molecule has 0 aliphatic heterocycles. The minimum atomic E-state index is -0.339. The fraction of sp³-hybridized carbons (Fsp3) is 0.133. The van der Waals surface area contributed by atoms with E-state index < -0.39 is 0 Å². The Bertz CT molecular complexity index is 653. The molecular weight excluding hydrogens is 268 g/mol. The van der Waals surface area contributed by atoms with Crippen LogP contribution in [0.5, 0.6) is 0 Å². The first-order valence-corrected chi connectivity index (χ1v) is 6.51. The molecule has 6 nitrogen and oxygen atoms in total. The van der Waals surface area contributed by atoms with E-state index in [1.54, 1.807) is 43.3 Å². The summed E-state index contributed by atoms with van der Waals surface area (Å²) in [4.78, 5) is 27.3. The molecule has 0 spiro atoms. The van der Waals surface area contributed by atoms with Crippen LogP contribution in [0.25, 0.3) is 0 Å². The van der Waals surface area contributed by atoms with E-state index in [-0.39, 0.29) is 17.5 Å². The maximum absolute atomic E-state index is 12.0. The van der Waals surface area contributed by atoms with Crippen LogP contribution in [0.3, 0.4) is 0 Å². The van der Waals surface area contributed by atoms with Gasteiger partial charge in [0.25, 0.3) is 5.91 Å². The minimum absolute atomic E-state index is 0.0846. The predicted molar refractivity (Wildman–Crippen MR) is 82.0 cm³/mol. The van der Waals surface area contributed by atoms with Crippen molar-refractivity contribution in [3.8, 4) is 0 Å². The van der Waals surface area contributed by atoms with Crippen LogP contribution in [-0.2, 0) is 4.79 Å². The molecule has 2 rings (SSSR count). The fourth-order valence-electron chi connectivity index (χ4n) is 1.66. The van der Waals surface area contributed by atoms with Crippen LogP contribution in [0.4, 0.5) is 17.1 Å². The number of nitrogens with zero attached hydrogens (tertiary/aromatic N) is 1. The maximum Gasteiger partial charge on any atom is 0.274 e. The Morgan fingerprint density at radius 3 is 2.48 bits per heavy atom. The molecule has 1 aromatic heterocycles. The summed E-state index contributed by atoms with van der Waals surface area (Å²) in [6.45, 7) is 1.77. The zero-order chi connectivity index (χ0) is 15.2. The number of hydrogen-bond acceptors (Lipinski definition) is 4. The number of nitrogens with one attached hydrogen (secondary N) is 2. The number of carbonyl (C=O) groups excluding carboxylic acids is 2. The SMILES string of the molecule is CCC(=O)Nc1cccc(NC(=O)c2ccc(N)cn2)c1. The molecule has 0 unspecified atom stereocenters. The van der Waals surface area contributed by atoms with Gasteiger partial charge in [-0.15, -0.1) is 0 Å². The highest BCUT2D eigenvalue weighted by Crippen LogP contribution is 2.16. The monoisotopic (exact) mass is 284 g/mol. The number of anilines is 3. The highest BCUT2D eigenvalue weighted by molar-refractivity contribution is 6.03. The van der Waals surface area contributed by atoms with Gasteiger partial charge < -0.3 is 16.4 Å². The summed E-state index contributed by atoms with van der Waals surface area (Å²) in [5.41, 5.74) is 7.50. The molecule has 0 aliphatic carbocycles. The van der Waals surface area contributed by atoms with Gasteiger partial charge in [-0.3, -0.25) is 9.59 Å². The third-order valence-electron chi connectivity index (χ3n) is 2.74. The summed E-state index contributed by atoms with van der Waals surface area (Å²) >= 11 is 0. The highest BCUT2D eigenvalue weighted by atomic mass is 16.2. The van der Waals surface area contributed by atoms with E-state index >= 15 is 0 Å². The standard InChI is InChI=1S/C15H16N4O2/c1-2-14(20)18-11-4-3-5-12(8-11)19-15(21)13-7-6-10(16)9-17-13/h3-9H,2,16H2,1H3,(H,18,20)(H,19,21). The molecule has 2 aromatic rings. The Labute approximate surface area is 122 Å². The van der Waals surface area contributed by atoms with Crippen LogP contribution in [-0.4, -0.2) is 16.8 Å². The third-order valence-corrected chi connectivity index (χ3v) is 2.74. The lowest BCUT2D eigenvalue weighted by Crippen LogP contribution is -2.14. The van der Waals surface area contributed by atoms with Crippen LogP contribution in [0, 0.1) is 0 Å². The highest BCUT2D eigenvalue weighted by Gasteiger charge is 2.08. The van der Waals surface area contributed by atoms with E-state index in [0.29, 0.717) is 23.5 Å². The quantitative estimate of drug-likeness (QED) is 0.802. The van der Waals surface area contributed by atoms with Crippen LogP contribution in [0.1, 0.15) is 23.8 Å². The molecule has 108 valence electrons. The number of amides is 2. The Kier molecular flexibility index (Phi) is 4.50. The zero-order valence-corrected chi connectivity index (χ0v) is 11.6. The first kappa shape index (κ1) is 14.5. The third kappa shape index (κ3) is 4.04. The van der Waals surface area contributed by atoms with Crippen molar-refractivity contribution in [3.63, 3.8) is 0 Å². The van der Waals surface area contributed by atoms with E-state index in [2.05, 4.69) is 15.6 Å². The summed E-state index contributed by atoms with van der Waals surface area (Å²) < 4.78 is 0. The topological polar surface area (TPSA) is 97.1 Å². The molecule has 0 radical (unpaired) electrons. The van der Waals surface area contributed by atoms with Gasteiger partial charge in [-0.05, 0) is 30.3 Å². The summed E-state index contributed by atoms with van der Waals surface area (Å²) in [5, 5.41) is 5.45. The van der Waals surface area contributed by atoms with E-state index in [4.69, 9.17) is 5.73 Å². The number of carbonyl (C=O) groups is 2. The number of hydrogen-bond donors (Lipinski definition) is 3. The normalized spacial score (nSPS) is 9.95. The maximum atomic E-state index is 12.0. The Hall–Kier alpha value is -2.89. The predicted octanol–water partition coefficient (Wildman–Crippen LogP) is 2.26. The van der Waals surface area contributed by atoms with Crippen molar-refractivity contribution >= 4 is 28.9 Å². The van der Waals surface area contributed by atoms with Gasteiger partial charge in [0.1, 0.15) is 5.69 Å². The number of nitrogen functional groups attached to an aromatic ring is 1. The number of pyridine rings is 1. The Balaban J connectivity index is 2.08. The second-order valence-corrected chi connectivity index (χ2v) is 4.41. The largest absolute Gasteiger partial charge is 0.397 e. The van der Waals surface area contributed by atoms with Gasteiger partial charge in [-0.25, -0.2) is 4.98 Å². The van der Waals surface area contributed by atoms with Gasteiger partial charge in [-0.2, -0.15) is 0 Å². The molecule has 1 aromatic carbocycles. The van der Waals surface area contributed by atoms with Crippen LogP contribution in [0.2, 0.25) is 0 Å². The lowest BCUT2D eigenvalue weighted by Gasteiger charge is -2.08. The van der Waals surface area contributed by atoms with Crippen LogP contribution in [0.15, 0.2) is 42.6 Å². The molecular formula is C15H16N4O2. The van der Waals surface area contributed by atoms with Crippen molar-refractivity contribution in [3.05, 3.63) is 48.3 Å². The number of rotatable bonds is 4. The second kappa shape index (κ2) is 6.51. The molecule has 0 saturated carbocycles. The molecule has 2 amide bonds. The van der Waals surface area contributed by atoms with Crippen molar-refractivity contribution in [2.24, 2.45) is 0 Å². The lowest BCUT2D eigenvalue weighted by molar-refractivity contribution is -0.115. The first-order valence-electron chi connectivity index (χ1n) is 6.51. The molecule has 21 heavy (non-hydrogen) atoms. The summed E-state index contributed by atoms with van der Waals surface area (Å²) in [6.07, 6.45) is 1.82. The van der Waals surface area contributed by atoms with Gasteiger partial charge in [0.2, 0.25) is 5.91 Å². The van der Waals surface area contributed by atoms with Crippen molar-refractivity contribution in [1.82, 2.24) is 4.98 Å². The van der Waals surface area contributed by atoms with Crippen LogP contribution < -0.4 is 16.4 Å². The molecule has 0 saturated heterocycles. The molecule has 6 heteroatoms. The Morgan fingerprint density at radius 1 is 1.14 bits per heavy atom. The molecule has 0 atom stereocenters. The van der Waals surface area contributed by atoms with Crippen molar-refractivity contribution in [2.75, 3.05) is 16.4 Å². The van der Waals surface area contributed by atoms with Crippen molar-refractivity contribution in [2.45, 2.75) is 13.3 Å². The fourth-order valence-corrected chi connectivity index (χ4v) is 1.66. The molecule has 0 fully saturated rings. The zero-order valence-electron chi connectivity index (χ0n) is 11.6. The molecule has 1 heterocycles. The first-order chi connectivity index (χ1) is 10.1. The van der Waals surface area contributed by atoms with Gasteiger partial charge in [0.15, 0.2) is 0 Å².